The topological polar surface area (TPSA) is 12.9 Å². The maximum atomic E-state index is 12.6. The van der Waals surface area contributed by atoms with E-state index in [9.17, 15) is 4.39 Å². The van der Waals surface area contributed by atoms with E-state index in [1.54, 1.807) is 0 Å². The largest absolute Gasteiger partial charge is 0.242 e. The van der Waals surface area contributed by atoms with E-state index in [0.717, 1.165) is 13.8 Å². The van der Waals surface area contributed by atoms with E-state index in [1.165, 1.54) is 23.6 Å². The fourth-order valence-electron chi connectivity index (χ4n) is 0.863. The Hall–Kier alpha value is -0.230. The van der Waals surface area contributed by atoms with Gasteiger partial charge in [-0.1, -0.05) is 0 Å². The summed E-state index contributed by atoms with van der Waals surface area (Å²) in [5, 5.41) is 2.88. The molecule has 56 valence electrons. The average Bonchev–Trinajstić information content (AvgIpc) is 2.33. The highest BCUT2D eigenvalue weighted by Crippen LogP contribution is 2.25. The first-order chi connectivity index (χ1) is 5.27. The lowest BCUT2D eigenvalue weighted by Gasteiger charge is -1.88. The van der Waals surface area contributed by atoms with Crippen LogP contribution < -0.4 is 0 Å². The summed E-state index contributed by atoms with van der Waals surface area (Å²) in [5.41, 5.74) is 0. The van der Waals surface area contributed by atoms with Gasteiger partial charge < -0.3 is 0 Å². The van der Waals surface area contributed by atoms with E-state index in [0.29, 0.717) is 0 Å². The molecule has 0 aromatic carbocycles. The molecule has 0 aliphatic rings. The van der Waals surface area contributed by atoms with Crippen molar-refractivity contribution in [2.75, 3.05) is 0 Å². The van der Waals surface area contributed by atoms with Crippen LogP contribution in [0, 0.1) is 9.39 Å². The van der Waals surface area contributed by atoms with E-state index in [4.69, 9.17) is 0 Å². The van der Waals surface area contributed by atoms with Crippen LogP contribution in [0.5, 0.6) is 0 Å². The first-order valence-corrected chi connectivity index (χ1v) is 4.91. The fraction of sp³-hybridized carbons (Fsp3) is 0. The minimum absolute atomic E-state index is 0.270. The summed E-state index contributed by atoms with van der Waals surface area (Å²) in [6.45, 7) is 0. The number of hydrogen-bond donors (Lipinski definition) is 0. The molecule has 0 spiro atoms. The molecule has 11 heavy (non-hydrogen) atoms. The lowest BCUT2D eigenvalue weighted by atomic mass is 10.3. The maximum Gasteiger partial charge on any atom is 0.142 e. The molecule has 2 aromatic heterocycles. The van der Waals surface area contributed by atoms with Crippen LogP contribution in [0.25, 0.3) is 10.2 Å². The summed E-state index contributed by atoms with van der Waals surface area (Å²) < 4.78 is 13.7. The first kappa shape index (κ1) is 7.42. The summed E-state index contributed by atoms with van der Waals surface area (Å²) in [7, 11) is 0. The summed E-state index contributed by atoms with van der Waals surface area (Å²) in [5.74, 6) is -0.270. The second-order valence-electron chi connectivity index (χ2n) is 2.09. The number of halogens is 2. The molecule has 1 nitrogen and oxygen atoms in total. The molecule has 0 saturated carbocycles. The highest BCUT2D eigenvalue weighted by molar-refractivity contribution is 14.1. The van der Waals surface area contributed by atoms with E-state index in [-0.39, 0.29) is 5.82 Å². The van der Waals surface area contributed by atoms with Gasteiger partial charge in [-0.3, -0.25) is 0 Å². The lowest BCUT2D eigenvalue weighted by Crippen LogP contribution is -1.76. The minimum Gasteiger partial charge on any atom is -0.242 e. The Bertz CT molecular complexity index is 398. The van der Waals surface area contributed by atoms with Crippen molar-refractivity contribution in [3.8, 4) is 0 Å². The number of fused-ring (bicyclic) bond motifs is 1. The predicted octanol–water partition coefficient (Wildman–Crippen LogP) is 3.04. The molecule has 4 heteroatoms. The zero-order valence-corrected chi connectivity index (χ0v) is 8.32. The Morgan fingerprint density at radius 2 is 2.36 bits per heavy atom. The van der Waals surface area contributed by atoms with Crippen LogP contribution in [0.2, 0.25) is 0 Å². The molecular formula is C7H3FINS. The molecule has 0 N–H and O–H groups in total. The number of nitrogens with zero attached hydrogens (tertiary/aromatic N) is 1. The van der Waals surface area contributed by atoms with Crippen molar-refractivity contribution in [3.05, 3.63) is 27.0 Å². The molecule has 2 aromatic rings. The number of rotatable bonds is 0. The highest BCUT2D eigenvalue weighted by atomic mass is 127. The van der Waals surface area contributed by atoms with Crippen molar-refractivity contribution in [2.45, 2.75) is 0 Å². The number of pyridine rings is 1. The first-order valence-electron chi connectivity index (χ1n) is 2.95. The summed E-state index contributed by atoms with van der Waals surface area (Å²) >= 11 is 3.71. The highest BCUT2D eigenvalue weighted by Gasteiger charge is 2.02. The van der Waals surface area contributed by atoms with Crippen LogP contribution in [0.4, 0.5) is 4.39 Å². The van der Waals surface area contributed by atoms with Gasteiger partial charge in [-0.2, -0.15) is 0 Å². The fourth-order valence-corrected chi connectivity index (χ4v) is 2.59. The normalized spacial score (nSPS) is 10.7. The van der Waals surface area contributed by atoms with Gasteiger partial charge in [0.2, 0.25) is 0 Å². The zero-order valence-electron chi connectivity index (χ0n) is 5.34. The molecule has 0 radical (unpaired) electrons. The van der Waals surface area contributed by atoms with E-state index < -0.39 is 0 Å². The standard InChI is InChI=1S/C7H3FINS/c8-4-1-5-6(9)3-11-7(5)10-2-4/h1-3H. The minimum atomic E-state index is -0.270. The van der Waals surface area contributed by atoms with E-state index >= 15 is 0 Å². The lowest BCUT2D eigenvalue weighted by molar-refractivity contribution is 0.624. The Morgan fingerprint density at radius 1 is 1.55 bits per heavy atom. The quantitative estimate of drug-likeness (QED) is 0.675. The molecular weight excluding hydrogens is 276 g/mol. The number of hydrogen-bond acceptors (Lipinski definition) is 2. The Kier molecular flexibility index (Phi) is 1.80. The molecule has 0 saturated heterocycles. The van der Waals surface area contributed by atoms with Crippen molar-refractivity contribution in [1.82, 2.24) is 4.98 Å². The Labute approximate surface area is 80.4 Å². The number of aromatic nitrogens is 1. The molecule has 0 aliphatic carbocycles. The molecule has 2 heterocycles. The Balaban J connectivity index is 2.87. The maximum absolute atomic E-state index is 12.6. The van der Waals surface area contributed by atoms with Crippen LogP contribution in [0.1, 0.15) is 0 Å². The SMILES string of the molecule is Fc1cnc2scc(I)c2c1. The molecule has 0 fully saturated rings. The van der Waals surface area contributed by atoms with Gasteiger partial charge in [0.25, 0.3) is 0 Å². The third kappa shape index (κ3) is 1.24. The smallest absolute Gasteiger partial charge is 0.142 e. The van der Waals surface area contributed by atoms with Crippen LogP contribution in [0.15, 0.2) is 17.6 Å². The van der Waals surface area contributed by atoms with E-state index in [1.807, 2.05) is 5.38 Å². The van der Waals surface area contributed by atoms with Gasteiger partial charge in [-0.05, 0) is 28.7 Å². The van der Waals surface area contributed by atoms with E-state index in [2.05, 4.69) is 27.6 Å². The average molecular weight is 279 g/mol. The second kappa shape index (κ2) is 2.67. The van der Waals surface area contributed by atoms with Crippen molar-refractivity contribution >= 4 is 44.1 Å². The molecule has 2 rings (SSSR count). The second-order valence-corrected chi connectivity index (χ2v) is 4.11. The predicted molar refractivity (Wildman–Crippen MR) is 52.3 cm³/mol. The molecule has 0 bridgehead atoms. The van der Waals surface area contributed by atoms with Gasteiger partial charge in [-0.25, -0.2) is 9.37 Å². The van der Waals surface area contributed by atoms with Gasteiger partial charge in [0.05, 0.1) is 6.20 Å². The van der Waals surface area contributed by atoms with Gasteiger partial charge >= 0.3 is 0 Å². The van der Waals surface area contributed by atoms with Gasteiger partial charge in [0, 0.05) is 14.3 Å². The van der Waals surface area contributed by atoms with Gasteiger partial charge in [0.1, 0.15) is 10.6 Å². The summed E-state index contributed by atoms with van der Waals surface area (Å²) in [6.07, 6.45) is 1.24. The van der Waals surface area contributed by atoms with Crippen LogP contribution in [-0.4, -0.2) is 4.98 Å². The zero-order chi connectivity index (χ0) is 7.84. The molecule has 0 amide bonds. The van der Waals surface area contributed by atoms with Crippen molar-refractivity contribution in [2.24, 2.45) is 0 Å². The van der Waals surface area contributed by atoms with Gasteiger partial charge in [-0.15, -0.1) is 11.3 Å². The third-order valence-electron chi connectivity index (χ3n) is 1.35. The van der Waals surface area contributed by atoms with Crippen molar-refractivity contribution in [1.29, 1.82) is 0 Å². The third-order valence-corrected chi connectivity index (χ3v) is 3.57. The molecule has 0 unspecified atom stereocenters. The van der Waals surface area contributed by atoms with Crippen LogP contribution >= 0.6 is 33.9 Å². The summed E-state index contributed by atoms with van der Waals surface area (Å²) in [4.78, 5) is 4.84. The molecule has 0 atom stereocenters. The van der Waals surface area contributed by atoms with Crippen LogP contribution in [0.3, 0.4) is 0 Å². The van der Waals surface area contributed by atoms with Crippen molar-refractivity contribution < 1.29 is 4.39 Å². The molecule has 0 aliphatic heterocycles. The van der Waals surface area contributed by atoms with Crippen LogP contribution in [-0.2, 0) is 0 Å². The Morgan fingerprint density at radius 3 is 3.18 bits per heavy atom. The monoisotopic (exact) mass is 279 g/mol. The van der Waals surface area contributed by atoms with Crippen molar-refractivity contribution in [3.63, 3.8) is 0 Å². The summed E-state index contributed by atoms with van der Waals surface area (Å²) in [6, 6.07) is 1.51. The number of thiophene rings is 1. The van der Waals surface area contributed by atoms with Gasteiger partial charge in [0.15, 0.2) is 0 Å².